The summed E-state index contributed by atoms with van der Waals surface area (Å²) >= 11 is 5.33. The Morgan fingerprint density at radius 2 is 2.22 bits per heavy atom. The fourth-order valence-electron chi connectivity index (χ4n) is 2.22. The van der Waals surface area contributed by atoms with Crippen molar-refractivity contribution in [3.63, 3.8) is 0 Å². The molecule has 2 nitrogen and oxygen atoms in total. The first kappa shape index (κ1) is 12.4. The van der Waals surface area contributed by atoms with Crippen molar-refractivity contribution in [2.45, 2.75) is 19.2 Å². The summed E-state index contributed by atoms with van der Waals surface area (Å²) in [6.45, 7) is 2.36. The van der Waals surface area contributed by atoms with Crippen LogP contribution in [0.25, 0.3) is 0 Å². The van der Waals surface area contributed by atoms with Crippen molar-refractivity contribution < 1.29 is 4.74 Å². The number of hydrogen-bond acceptors (Lipinski definition) is 3. The first-order valence-corrected chi connectivity index (χ1v) is 7.62. The molecule has 18 heavy (non-hydrogen) atoms. The van der Waals surface area contributed by atoms with E-state index in [9.17, 15) is 0 Å². The summed E-state index contributed by atoms with van der Waals surface area (Å²) in [4.78, 5) is 1.33. The van der Waals surface area contributed by atoms with E-state index in [-0.39, 0.29) is 0 Å². The summed E-state index contributed by atoms with van der Waals surface area (Å²) in [5.41, 5.74) is 2.67. The summed E-state index contributed by atoms with van der Waals surface area (Å²) in [6, 6.07) is 10.9. The van der Waals surface area contributed by atoms with E-state index < -0.39 is 0 Å². The van der Waals surface area contributed by atoms with Gasteiger partial charge in [-0.1, -0.05) is 24.3 Å². The fourth-order valence-corrected chi connectivity index (χ4v) is 3.66. The van der Waals surface area contributed by atoms with Gasteiger partial charge in [-0.3, -0.25) is 0 Å². The topological polar surface area (TPSA) is 21.3 Å². The fraction of sp³-hybridized carbons (Fsp3) is 0.286. The third kappa shape index (κ3) is 2.52. The predicted octanol–water partition coefficient (Wildman–Crippen LogP) is 3.87. The van der Waals surface area contributed by atoms with Gasteiger partial charge >= 0.3 is 0 Å². The van der Waals surface area contributed by atoms with Gasteiger partial charge in [-0.05, 0) is 38.5 Å². The van der Waals surface area contributed by atoms with E-state index >= 15 is 0 Å². The van der Waals surface area contributed by atoms with Gasteiger partial charge in [-0.25, -0.2) is 0 Å². The highest BCUT2D eigenvalue weighted by atomic mass is 79.9. The lowest BCUT2D eigenvalue weighted by Gasteiger charge is -2.26. The lowest BCUT2D eigenvalue weighted by molar-refractivity contribution is 0.0817. The van der Waals surface area contributed by atoms with Crippen LogP contribution in [0.3, 0.4) is 0 Å². The molecule has 1 unspecified atom stereocenters. The highest BCUT2D eigenvalue weighted by molar-refractivity contribution is 9.10. The molecule has 0 bridgehead atoms. The largest absolute Gasteiger partial charge is 0.375 e. The number of nitrogens with one attached hydrogen (secondary N) is 1. The van der Waals surface area contributed by atoms with Crippen LogP contribution in [0.4, 0.5) is 0 Å². The average Bonchev–Trinajstić information content (AvgIpc) is 2.82. The minimum atomic E-state index is 0.295. The van der Waals surface area contributed by atoms with Crippen LogP contribution in [-0.2, 0) is 17.9 Å². The molecular formula is C14H14BrNOS. The molecule has 94 valence electrons. The number of rotatable bonds is 3. The molecule has 4 heteroatoms. The molecule has 2 aromatic rings. The zero-order valence-corrected chi connectivity index (χ0v) is 12.3. The number of benzene rings is 1. The molecular weight excluding hydrogens is 310 g/mol. The minimum Gasteiger partial charge on any atom is -0.375 e. The molecule has 0 saturated heterocycles. The Kier molecular flexibility index (Phi) is 3.80. The van der Waals surface area contributed by atoms with E-state index in [0.717, 1.165) is 19.8 Å². The van der Waals surface area contributed by atoms with Crippen LogP contribution in [0.15, 0.2) is 40.2 Å². The van der Waals surface area contributed by atoms with Gasteiger partial charge in [0.2, 0.25) is 0 Å². The second-order valence-electron chi connectivity index (χ2n) is 4.34. The molecule has 1 aliphatic rings. The molecule has 1 aromatic carbocycles. The summed E-state index contributed by atoms with van der Waals surface area (Å²) < 4.78 is 6.82. The van der Waals surface area contributed by atoms with Crippen LogP contribution < -0.4 is 5.32 Å². The summed E-state index contributed by atoms with van der Waals surface area (Å²) in [5, 5.41) is 5.68. The molecule has 0 amide bonds. The maximum atomic E-state index is 5.64. The molecule has 0 aliphatic carbocycles. The summed E-state index contributed by atoms with van der Waals surface area (Å²) in [6.07, 6.45) is 0. The molecule has 0 spiro atoms. The van der Waals surface area contributed by atoms with Gasteiger partial charge < -0.3 is 10.1 Å². The van der Waals surface area contributed by atoms with Gasteiger partial charge in [-0.15, -0.1) is 11.3 Å². The molecule has 1 N–H and O–H groups in total. The standard InChI is InChI=1S/C14H14BrNOS/c15-12-5-6-18-14(12)7-16-13-9-17-8-10-3-1-2-4-11(10)13/h1-6,13,16H,7-9H2. The van der Waals surface area contributed by atoms with Crippen molar-refractivity contribution in [3.05, 3.63) is 56.2 Å². The molecule has 0 fully saturated rings. The van der Waals surface area contributed by atoms with Gasteiger partial charge in [0, 0.05) is 15.9 Å². The Morgan fingerprint density at radius 1 is 1.33 bits per heavy atom. The maximum absolute atomic E-state index is 5.64. The van der Waals surface area contributed by atoms with Gasteiger partial charge in [0.15, 0.2) is 0 Å². The molecule has 2 heterocycles. The molecule has 0 radical (unpaired) electrons. The predicted molar refractivity (Wildman–Crippen MR) is 77.7 cm³/mol. The third-order valence-electron chi connectivity index (χ3n) is 3.17. The van der Waals surface area contributed by atoms with Crippen LogP contribution in [0.2, 0.25) is 0 Å². The van der Waals surface area contributed by atoms with Crippen molar-refractivity contribution >= 4 is 27.3 Å². The zero-order valence-electron chi connectivity index (χ0n) is 9.86. The normalized spacial score (nSPS) is 18.6. The number of fused-ring (bicyclic) bond motifs is 1. The number of hydrogen-bond donors (Lipinski definition) is 1. The van der Waals surface area contributed by atoms with Crippen molar-refractivity contribution in [2.75, 3.05) is 6.61 Å². The minimum absolute atomic E-state index is 0.295. The van der Waals surface area contributed by atoms with Crippen LogP contribution in [0.5, 0.6) is 0 Å². The zero-order chi connectivity index (χ0) is 12.4. The van der Waals surface area contributed by atoms with Gasteiger partial charge in [-0.2, -0.15) is 0 Å². The van der Waals surface area contributed by atoms with E-state index in [1.54, 1.807) is 11.3 Å². The third-order valence-corrected chi connectivity index (χ3v) is 5.10. The molecule has 1 aromatic heterocycles. The van der Waals surface area contributed by atoms with Gasteiger partial charge in [0.25, 0.3) is 0 Å². The van der Waals surface area contributed by atoms with Crippen molar-refractivity contribution in [3.8, 4) is 0 Å². The Balaban J connectivity index is 1.73. The monoisotopic (exact) mass is 323 g/mol. The van der Waals surface area contributed by atoms with Crippen molar-refractivity contribution in [1.29, 1.82) is 0 Å². The highest BCUT2D eigenvalue weighted by Gasteiger charge is 2.19. The smallest absolute Gasteiger partial charge is 0.0721 e. The van der Waals surface area contributed by atoms with Crippen LogP contribution in [0.1, 0.15) is 22.0 Å². The Hall–Kier alpha value is -0.680. The quantitative estimate of drug-likeness (QED) is 0.925. The average molecular weight is 324 g/mol. The Bertz CT molecular complexity index is 540. The Morgan fingerprint density at radius 3 is 3.06 bits per heavy atom. The maximum Gasteiger partial charge on any atom is 0.0721 e. The molecule has 0 saturated carbocycles. The van der Waals surface area contributed by atoms with E-state index in [1.807, 2.05) is 0 Å². The first-order chi connectivity index (χ1) is 8.84. The second-order valence-corrected chi connectivity index (χ2v) is 6.19. The molecule has 3 rings (SSSR count). The second kappa shape index (κ2) is 5.53. The Labute approximate surface area is 119 Å². The lowest BCUT2D eigenvalue weighted by atomic mass is 9.99. The number of ether oxygens (including phenoxy) is 1. The summed E-state index contributed by atoms with van der Waals surface area (Å²) in [7, 11) is 0. The van der Waals surface area contributed by atoms with Crippen LogP contribution >= 0.6 is 27.3 Å². The van der Waals surface area contributed by atoms with E-state index in [1.165, 1.54) is 20.5 Å². The van der Waals surface area contributed by atoms with E-state index in [2.05, 4.69) is 57.0 Å². The van der Waals surface area contributed by atoms with E-state index in [4.69, 9.17) is 4.74 Å². The molecule has 1 aliphatic heterocycles. The summed E-state index contributed by atoms with van der Waals surface area (Å²) in [5.74, 6) is 0. The van der Waals surface area contributed by atoms with Crippen molar-refractivity contribution in [2.24, 2.45) is 0 Å². The number of thiophene rings is 1. The SMILES string of the molecule is Brc1ccsc1CNC1COCc2ccccc21. The number of halogens is 1. The van der Waals surface area contributed by atoms with E-state index in [0.29, 0.717) is 6.04 Å². The lowest BCUT2D eigenvalue weighted by Crippen LogP contribution is -2.29. The van der Waals surface area contributed by atoms with Crippen LogP contribution in [0, 0.1) is 0 Å². The molecule has 1 atom stereocenters. The highest BCUT2D eigenvalue weighted by Crippen LogP contribution is 2.27. The van der Waals surface area contributed by atoms with Gasteiger partial charge in [0.1, 0.15) is 0 Å². The van der Waals surface area contributed by atoms with Crippen molar-refractivity contribution in [1.82, 2.24) is 5.32 Å². The first-order valence-electron chi connectivity index (χ1n) is 5.95. The van der Waals surface area contributed by atoms with Crippen LogP contribution in [-0.4, -0.2) is 6.61 Å². The van der Waals surface area contributed by atoms with Gasteiger partial charge in [0.05, 0.1) is 19.3 Å².